The summed E-state index contributed by atoms with van der Waals surface area (Å²) < 4.78 is 3.03. The Balaban J connectivity index is 1.62. The van der Waals surface area contributed by atoms with E-state index in [1.165, 1.54) is 43.8 Å². The summed E-state index contributed by atoms with van der Waals surface area (Å²) in [6, 6.07) is 11.4. The third kappa shape index (κ3) is 3.37. The summed E-state index contributed by atoms with van der Waals surface area (Å²) in [6.07, 6.45) is 3.29. The highest BCUT2D eigenvalue weighted by molar-refractivity contribution is 7.17. The van der Waals surface area contributed by atoms with Gasteiger partial charge in [0.1, 0.15) is 10.5 Å². The molecule has 0 saturated heterocycles. The minimum absolute atomic E-state index is 0.134. The summed E-state index contributed by atoms with van der Waals surface area (Å²) in [6.45, 7) is 6.24. The van der Waals surface area contributed by atoms with E-state index >= 15 is 0 Å². The van der Waals surface area contributed by atoms with Gasteiger partial charge in [-0.2, -0.15) is 0 Å². The molecule has 0 aliphatic carbocycles. The number of hydrogen-bond donors (Lipinski definition) is 0. The summed E-state index contributed by atoms with van der Waals surface area (Å²) >= 11 is 1.46. The summed E-state index contributed by atoms with van der Waals surface area (Å²) in [5.41, 5.74) is 6.04. The molecule has 5 aromatic rings. The molecule has 0 N–H and O–H groups in total. The first kappa shape index (κ1) is 19.4. The van der Waals surface area contributed by atoms with Crippen LogP contribution in [0.5, 0.6) is 0 Å². The van der Waals surface area contributed by atoms with E-state index in [2.05, 4.69) is 35.9 Å². The number of aromatic nitrogens is 4. The summed E-state index contributed by atoms with van der Waals surface area (Å²) in [7, 11) is 0. The second-order valence-corrected chi connectivity index (χ2v) is 8.68. The third-order valence-electron chi connectivity index (χ3n) is 5.57. The first-order valence-electron chi connectivity index (χ1n) is 9.94. The molecule has 0 bridgehead atoms. The van der Waals surface area contributed by atoms with Crippen LogP contribution in [0, 0.1) is 20.8 Å². The largest absolute Gasteiger partial charge is 0.293 e. The predicted molar refractivity (Wildman–Crippen MR) is 124 cm³/mol. The monoisotopic (exact) mass is 428 g/mol. The third-order valence-corrected chi connectivity index (χ3v) is 6.46. The zero-order valence-electron chi connectivity index (χ0n) is 17.4. The van der Waals surface area contributed by atoms with Crippen LogP contribution in [0.25, 0.3) is 27.0 Å². The van der Waals surface area contributed by atoms with Crippen LogP contribution in [-0.4, -0.2) is 18.9 Å². The summed E-state index contributed by atoms with van der Waals surface area (Å²) in [4.78, 5) is 35.6. The molecule has 0 unspecified atom stereocenters. The Labute approximate surface area is 182 Å². The van der Waals surface area contributed by atoms with E-state index in [0.29, 0.717) is 21.6 Å². The number of thiophene rings is 1. The average Bonchev–Trinajstić information content (AvgIpc) is 3.18. The van der Waals surface area contributed by atoms with Crippen LogP contribution in [-0.2, 0) is 6.54 Å². The highest BCUT2D eigenvalue weighted by Gasteiger charge is 2.14. The lowest BCUT2D eigenvalue weighted by Crippen LogP contribution is -2.23. The Kier molecular flexibility index (Phi) is 4.55. The standard InChI is InChI=1S/C24H20N4O2S/c1-14-4-7-20-26-18(9-21(29)28(20)10-14)11-27-13-25-23-22(24(27)30)19(12-31-23)17-6-5-15(2)16(3)8-17/h4-10,12-13H,11H2,1-3H3. The van der Waals surface area contributed by atoms with Crippen LogP contribution < -0.4 is 11.1 Å². The molecule has 0 amide bonds. The van der Waals surface area contributed by atoms with Crippen molar-refractivity contribution in [2.75, 3.05) is 0 Å². The molecule has 31 heavy (non-hydrogen) atoms. The van der Waals surface area contributed by atoms with E-state index in [-0.39, 0.29) is 17.7 Å². The van der Waals surface area contributed by atoms with Crippen LogP contribution >= 0.6 is 11.3 Å². The normalized spacial score (nSPS) is 11.5. The smallest absolute Gasteiger partial charge is 0.263 e. The van der Waals surface area contributed by atoms with Crippen molar-refractivity contribution in [2.24, 2.45) is 0 Å². The lowest BCUT2D eigenvalue weighted by atomic mass is 10.0. The fourth-order valence-electron chi connectivity index (χ4n) is 3.72. The van der Waals surface area contributed by atoms with E-state index in [4.69, 9.17) is 0 Å². The molecule has 0 fully saturated rings. The maximum atomic E-state index is 13.4. The molecule has 0 spiro atoms. The van der Waals surface area contributed by atoms with Crippen LogP contribution in [0.4, 0.5) is 0 Å². The number of hydrogen-bond acceptors (Lipinski definition) is 5. The SMILES string of the molecule is Cc1ccc2nc(Cn3cnc4scc(-c5ccc(C)c(C)c5)c4c3=O)cc(=O)n2c1. The molecule has 5 rings (SSSR count). The summed E-state index contributed by atoms with van der Waals surface area (Å²) in [5.74, 6) is 0. The highest BCUT2D eigenvalue weighted by Crippen LogP contribution is 2.31. The molecule has 4 aromatic heterocycles. The lowest BCUT2D eigenvalue weighted by molar-refractivity contribution is 0.727. The maximum absolute atomic E-state index is 13.4. The molecule has 0 radical (unpaired) electrons. The van der Waals surface area contributed by atoms with Crippen LogP contribution in [0.2, 0.25) is 0 Å². The van der Waals surface area contributed by atoms with Crippen LogP contribution in [0.1, 0.15) is 22.4 Å². The van der Waals surface area contributed by atoms with Gasteiger partial charge in [0.15, 0.2) is 0 Å². The quantitative estimate of drug-likeness (QED) is 0.434. The Hall–Kier alpha value is -3.58. The van der Waals surface area contributed by atoms with Gasteiger partial charge in [-0.25, -0.2) is 9.97 Å². The predicted octanol–water partition coefficient (Wildman–Crippen LogP) is 4.11. The lowest BCUT2D eigenvalue weighted by Gasteiger charge is -2.08. The van der Waals surface area contributed by atoms with Crippen molar-refractivity contribution >= 4 is 27.2 Å². The first-order chi connectivity index (χ1) is 14.9. The van der Waals surface area contributed by atoms with E-state index in [1.54, 1.807) is 12.3 Å². The molecule has 0 atom stereocenters. The molecule has 154 valence electrons. The minimum Gasteiger partial charge on any atom is -0.293 e. The van der Waals surface area contributed by atoms with Crippen molar-refractivity contribution < 1.29 is 0 Å². The van der Waals surface area contributed by atoms with E-state index in [0.717, 1.165) is 16.7 Å². The van der Waals surface area contributed by atoms with Gasteiger partial charge in [0.25, 0.3) is 11.1 Å². The Morgan fingerprint density at radius 1 is 1.00 bits per heavy atom. The first-order valence-corrected chi connectivity index (χ1v) is 10.8. The molecule has 7 heteroatoms. The molecule has 1 aromatic carbocycles. The minimum atomic E-state index is -0.169. The number of benzene rings is 1. The van der Waals surface area contributed by atoms with Crippen molar-refractivity contribution in [1.82, 2.24) is 18.9 Å². The van der Waals surface area contributed by atoms with E-state index in [9.17, 15) is 9.59 Å². The molecule has 6 nitrogen and oxygen atoms in total. The number of aryl methyl sites for hydroxylation is 3. The fraction of sp³-hybridized carbons (Fsp3) is 0.167. The Morgan fingerprint density at radius 2 is 1.84 bits per heavy atom. The van der Waals surface area contributed by atoms with Crippen molar-refractivity contribution in [3.63, 3.8) is 0 Å². The van der Waals surface area contributed by atoms with Gasteiger partial charge in [-0.05, 0) is 49.1 Å². The highest BCUT2D eigenvalue weighted by atomic mass is 32.1. The number of fused-ring (bicyclic) bond motifs is 2. The van der Waals surface area contributed by atoms with Gasteiger partial charge in [-0.15, -0.1) is 11.3 Å². The van der Waals surface area contributed by atoms with Crippen molar-refractivity contribution in [3.8, 4) is 11.1 Å². The van der Waals surface area contributed by atoms with Gasteiger partial charge < -0.3 is 0 Å². The fourth-order valence-corrected chi connectivity index (χ4v) is 4.62. The average molecular weight is 429 g/mol. The van der Waals surface area contributed by atoms with Gasteiger partial charge in [-0.1, -0.05) is 24.3 Å². The van der Waals surface area contributed by atoms with Crippen molar-refractivity contribution in [3.05, 3.63) is 97.4 Å². The molecular weight excluding hydrogens is 408 g/mol. The Morgan fingerprint density at radius 3 is 2.65 bits per heavy atom. The topological polar surface area (TPSA) is 69.3 Å². The van der Waals surface area contributed by atoms with Gasteiger partial charge in [-0.3, -0.25) is 18.6 Å². The molecular formula is C24H20N4O2S. The van der Waals surface area contributed by atoms with Gasteiger partial charge in [0.2, 0.25) is 0 Å². The number of pyridine rings is 1. The molecule has 0 saturated carbocycles. The van der Waals surface area contributed by atoms with Gasteiger partial charge >= 0.3 is 0 Å². The zero-order valence-corrected chi connectivity index (χ0v) is 18.2. The van der Waals surface area contributed by atoms with Crippen molar-refractivity contribution in [2.45, 2.75) is 27.3 Å². The second kappa shape index (κ2) is 7.28. The van der Waals surface area contributed by atoms with Gasteiger partial charge in [0, 0.05) is 23.2 Å². The molecule has 4 heterocycles. The summed E-state index contributed by atoms with van der Waals surface area (Å²) in [5, 5.41) is 2.58. The number of rotatable bonds is 3. The van der Waals surface area contributed by atoms with Gasteiger partial charge in [0.05, 0.1) is 24.0 Å². The van der Waals surface area contributed by atoms with Crippen LogP contribution in [0.3, 0.4) is 0 Å². The molecule has 0 aliphatic rings. The van der Waals surface area contributed by atoms with Crippen LogP contribution in [0.15, 0.2) is 63.9 Å². The number of nitrogens with zero attached hydrogens (tertiary/aromatic N) is 4. The maximum Gasteiger partial charge on any atom is 0.263 e. The Bertz CT molecular complexity index is 1590. The second-order valence-electron chi connectivity index (χ2n) is 7.83. The van der Waals surface area contributed by atoms with E-state index in [1.807, 2.05) is 24.4 Å². The van der Waals surface area contributed by atoms with Crippen molar-refractivity contribution in [1.29, 1.82) is 0 Å². The van der Waals surface area contributed by atoms with E-state index < -0.39 is 0 Å². The molecule has 0 aliphatic heterocycles. The zero-order chi connectivity index (χ0) is 21.7.